The van der Waals surface area contributed by atoms with Crippen molar-refractivity contribution in [2.75, 3.05) is 5.32 Å². The summed E-state index contributed by atoms with van der Waals surface area (Å²) in [6.45, 7) is 1.51. The number of nitrogens with zero attached hydrogens (tertiary/aromatic N) is 1. The van der Waals surface area contributed by atoms with E-state index in [2.05, 4.69) is 15.8 Å². The second-order valence-corrected chi connectivity index (χ2v) is 5.68. The van der Waals surface area contributed by atoms with Crippen LogP contribution in [0.25, 0.3) is 0 Å². The number of anilines is 1. The van der Waals surface area contributed by atoms with Crippen molar-refractivity contribution in [3.05, 3.63) is 52.0 Å². The molecule has 7 nitrogen and oxygen atoms in total. The molecule has 0 aromatic heterocycles. The third kappa shape index (κ3) is 4.62. The van der Waals surface area contributed by atoms with Gasteiger partial charge in [0.05, 0.1) is 21.4 Å². The van der Waals surface area contributed by atoms with E-state index in [9.17, 15) is 19.8 Å². The quantitative estimate of drug-likeness (QED) is 0.372. The van der Waals surface area contributed by atoms with Crippen molar-refractivity contribution in [2.24, 2.45) is 5.10 Å². The van der Waals surface area contributed by atoms with Crippen LogP contribution in [0.4, 0.5) is 5.69 Å². The lowest BCUT2D eigenvalue weighted by atomic mass is 10.1. The number of carbonyl (C=O) groups excluding carboxylic acids is 2. The molecule has 0 spiro atoms. The first kappa shape index (κ1) is 18.6. The molecule has 130 valence electrons. The summed E-state index contributed by atoms with van der Waals surface area (Å²) in [5, 5.41) is 25.4. The van der Waals surface area contributed by atoms with E-state index in [1.807, 2.05) is 0 Å². The maximum absolute atomic E-state index is 11.9. The maximum atomic E-state index is 11.9. The summed E-state index contributed by atoms with van der Waals surface area (Å²) in [4.78, 5) is 23.7. The van der Waals surface area contributed by atoms with Gasteiger partial charge in [-0.15, -0.1) is 0 Å². The Labute approximate surface area is 152 Å². The van der Waals surface area contributed by atoms with E-state index in [0.29, 0.717) is 0 Å². The van der Waals surface area contributed by atoms with Crippen LogP contribution in [0.5, 0.6) is 11.5 Å². The molecule has 25 heavy (non-hydrogen) atoms. The number of amides is 2. The van der Waals surface area contributed by atoms with Gasteiger partial charge in [0.15, 0.2) is 0 Å². The summed E-state index contributed by atoms with van der Waals surface area (Å²) in [6.07, 6.45) is 0. The summed E-state index contributed by atoms with van der Waals surface area (Å²) < 4.78 is 0. The van der Waals surface area contributed by atoms with Gasteiger partial charge in [-0.05, 0) is 31.2 Å². The fraction of sp³-hybridized carbons (Fsp3) is 0.0625. The van der Waals surface area contributed by atoms with Crippen LogP contribution >= 0.6 is 23.2 Å². The Morgan fingerprint density at radius 2 is 1.80 bits per heavy atom. The van der Waals surface area contributed by atoms with Gasteiger partial charge in [0.25, 0.3) is 0 Å². The van der Waals surface area contributed by atoms with E-state index >= 15 is 0 Å². The molecule has 0 radical (unpaired) electrons. The second kappa shape index (κ2) is 7.87. The minimum atomic E-state index is -1.03. The summed E-state index contributed by atoms with van der Waals surface area (Å²) in [5.74, 6) is -2.36. The summed E-state index contributed by atoms with van der Waals surface area (Å²) in [6, 6.07) is 8.49. The van der Waals surface area contributed by atoms with Crippen LogP contribution in [0.15, 0.2) is 41.5 Å². The predicted molar refractivity (Wildman–Crippen MR) is 95.2 cm³/mol. The first-order valence-corrected chi connectivity index (χ1v) is 7.67. The Balaban J connectivity index is 2.05. The highest BCUT2D eigenvalue weighted by Gasteiger charge is 2.16. The van der Waals surface area contributed by atoms with Gasteiger partial charge in [0.1, 0.15) is 11.5 Å². The van der Waals surface area contributed by atoms with Gasteiger partial charge in [0, 0.05) is 11.6 Å². The first-order valence-electron chi connectivity index (χ1n) is 6.91. The lowest BCUT2D eigenvalue weighted by molar-refractivity contribution is -0.136. The number of phenols is 2. The summed E-state index contributed by atoms with van der Waals surface area (Å²) >= 11 is 11.8. The molecule has 0 atom stereocenters. The van der Waals surface area contributed by atoms with E-state index in [-0.39, 0.29) is 38.5 Å². The van der Waals surface area contributed by atoms with Crippen LogP contribution in [0.3, 0.4) is 0 Å². The molecule has 0 saturated heterocycles. The number of hydrazone groups is 1. The highest BCUT2D eigenvalue weighted by molar-refractivity contribution is 6.45. The van der Waals surface area contributed by atoms with Crippen LogP contribution in [0.1, 0.15) is 12.5 Å². The summed E-state index contributed by atoms with van der Waals surface area (Å²) in [5.41, 5.74) is 2.77. The zero-order valence-electron chi connectivity index (χ0n) is 12.9. The van der Waals surface area contributed by atoms with Crippen LogP contribution in [-0.4, -0.2) is 27.7 Å². The number of nitrogens with one attached hydrogen (secondary N) is 2. The third-order valence-electron chi connectivity index (χ3n) is 3.10. The largest absolute Gasteiger partial charge is 0.508 e. The predicted octanol–water partition coefficient (Wildman–Crippen LogP) is 2.88. The van der Waals surface area contributed by atoms with Gasteiger partial charge in [-0.3, -0.25) is 9.59 Å². The molecule has 4 N–H and O–H groups in total. The van der Waals surface area contributed by atoms with Crippen LogP contribution in [-0.2, 0) is 9.59 Å². The molecular formula is C16H13Cl2N3O4. The van der Waals surface area contributed by atoms with Crippen molar-refractivity contribution in [2.45, 2.75) is 6.92 Å². The normalized spacial score (nSPS) is 11.1. The number of hydrogen-bond acceptors (Lipinski definition) is 5. The Kier molecular flexibility index (Phi) is 5.84. The Bertz CT molecular complexity index is 868. The standard InChI is InChI=1S/C16H13Cl2N3O4/c1-8(10-6-5-9(22)7-13(10)23)20-21-16(25)15(24)19-12-4-2-3-11(17)14(12)18/h2-7,22-23H,1H3,(H,19,24)(H,21,25)/b20-8+. The van der Waals surface area contributed by atoms with Crippen LogP contribution in [0.2, 0.25) is 10.0 Å². The molecule has 2 aromatic carbocycles. The van der Waals surface area contributed by atoms with Gasteiger partial charge in [-0.2, -0.15) is 5.10 Å². The Morgan fingerprint density at radius 1 is 1.08 bits per heavy atom. The fourth-order valence-corrected chi connectivity index (χ4v) is 2.20. The molecule has 0 heterocycles. The molecule has 0 unspecified atom stereocenters. The highest BCUT2D eigenvalue weighted by atomic mass is 35.5. The van der Waals surface area contributed by atoms with Crippen molar-refractivity contribution < 1.29 is 19.8 Å². The topological polar surface area (TPSA) is 111 Å². The lowest BCUT2D eigenvalue weighted by Crippen LogP contribution is -2.33. The molecule has 9 heteroatoms. The average molecular weight is 382 g/mol. The van der Waals surface area contributed by atoms with Crippen molar-refractivity contribution in [3.63, 3.8) is 0 Å². The van der Waals surface area contributed by atoms with Crippen LogP contribution < -0.4 is 10.7 Å². The molecule has 2 aromatic rings. The van der Waals surface area contributed by atoms with Gasteiger partial charge in [0.2, 0.25) is 0 Å². The number of carbonyl (C=O) groups is 2. The number of halogens is 2. The number of hydrogen-bond donors (Lipinski definition) is 4. The highest BCUT2D eigenvalue weighted by Crippen LogP contribution is 2.29. The minimum absolute atomic E-state index is 0.110. The molecule has 0 saturated carbocycles. The lowest BCUT2D eigenvalue weighted by Gasteiger charge is -2.08. The monoisotopic (exact) mass is 381 g/mol. The fourth-order valence-electron chi connectivity index (χ4n) is 1.85. The molecule has 0 aliphatic carbocycles. The molecule has 0 fully saturated rings. The van der Waals surface area contributed by atoms with Gasteiger partial charge in [-0.1, -0.05) is 29.3 Å². The molecule has 0 aliphatic rings. The zero-order valence-corrected chi connectivity index (χ0v) is 14.4. The molecular weight excluding hydrogens is 369 g/mol. The van der Waals surface area contributed by atoms with Crippen molar-refractivity contribution >= 4 is 46.4 Å². The first-order chi connectivity index (χ1) is 11.8. The van der Waals surface area contributed by atoms with Gasteiger partial charge >= 0.3 is 11.8 Å². The maximum Gasteiger partial charge on any atom is 0.329 e. The van der Waals surface area contributed by atoms with Crippen LogP contribution in [0, 0.1) is 0 Å². The third-order valence-corrected chi connectivity index (χ3v) is 3.92. The zero-order chi connectivity index (χ0) is 18.6. The Morgan fingerprint density at radius 3 is 2.48 bits per heavy atom. The average Bonchev–Trinajstić information content (AvgIpc) is 2.56. The van der Waals surface area contributed by atoms with E-state index in [4.69, 9.17) is 23.2 Å². The SMILES string of the molecule is C/C(=N\NC(=O)C(=O)Nc1cccc(Cl)c1Cl)c1ccc(O)cc1O. The Hall–Kier alpha value is -2.77. The minimum Gasteiger partial charge on any atom is -0.508 e. The van der Waals surface area contributed by atoms with E-state index in [1.54, 1.807) is 6.07 Å². The molecule has 0 bridgehead atoms. The molecule has 2 amide bonds. The van der Waals surface area contributed by atoms with Crippen molar-refractivity contribution in [1.29, 1.82) is 0 Å². The number of phenolic OH excluding ortho intramolecular Hbond substituents is 2. The second-order valence-electron chi connectivity index (χ2n) is 4.90. The van der Waals surface area contributed by atoms with E-state index in [0.717, 1.165) is 6.07 Å². The van der Waals surface area contributed by atoms with Crippen molar-refractivity contribution in [1.82, 2.24) is 5.43 Å². The van der Waals surface area contributed by atoms with Gasteiger partial charge < -0.3 is 15.5 Å². The summed E-state index contributed by atoms with van der Waals surface area (Å²) in [7, 11) is 0. The number of aromatic hydroxyl groups is 2. The van der Waals surface area contributed by atoms with E-state index in [1.165, 1.54) is 31.2 Å². The van der Waals surface area contributed by atoms with E-state index < -0.39 is 11.8 Å². The molecule has 2 rings (SSSR count). The smallest absolute Gasteiger partial charge is 0.329 e. The molecule has 0 aliphatic heterocycles. The number of rotatable bonds is 3. The van der Waals surface area contributed by atoms with Gasteiger partial charge in [-0.25, -0.2) is 5.43 Å². The number of benzene rings is 2. The van der Waals surface area contributed by atoms with Crippen molar-refractivity contribution in [3.8, 4) is 11.5 Å².